The minimum Gasteiger partial charge on any atom is -0.465 e. The van der Waals surface area contributed by atoms with Gasteiger partial charge in [0, 0.05) is 18.7 Å². The molecule has 1 unspecified atom stereocenters. The van der Waals surface area contributed by atoms with E-state index < -0.39 is 0 Å². The summed E-state index contributed by atoms with van der Waals surface area (Å²) in [5, 5.41) is 2.81. The molecule has 1 N–H and O–H groups in total. The number of nitrogens with one attached hydrogen (secondary N) is 1. The number of ether oxygens (including phenoxy) is 2. The van der Waals surface area contributed by atoms with Crippen molar-refractivity contribution >= 4 is 34.8 Å². The first kappa shape index (κ1) is 23.6. The van der Waals surface area contributed by atoms with Gasteiger partial charge >= 0.3 is 5.97 Å². The van der Waals surface area contributed by atoms with Crippen molar-refractivity contribution in [3.63, 3.8) is 0 Å². The summed E-state index contributed by atoms with van der Waals surface area (Å²) in [5.74, 6) is 0.479. The molecule has 0 saturated carbocycles. The molecule has 1 fully saturated rings. The first-order valence-corrected chi connectivity index (χ1v) is 11.6. The minimum absolute atomic E-state index is 0.0334. The highest BCUT2D eigenvalue weighted by molar-refractivity contribution is 6.04. The van der Waals surface area contributed by atoms with Crippen LogP contribution in [0.2, 0.25) is 0 Å². The zero-order valence-corrected chi connectivity index (χ0v) is 19.8. The minimum atomic E-state index is -0.389. The van der Waals surface area contributed by atoms with Crippen LogP contribution >= 0.6 is 0 Å². The van der Waals surface area contributed by atoms with E-state index >= 15 is 0 Å². The molecule has 0 spiro atoms. The number of carbonyl (C=O) groups excluding carboxylic acids is 2. The van der Waals surface area contributed by atoms with Crippen LogP contribution in [-0.2, 0) is 20.8 Å². The van der Waals surface area contributed by atoms with E-state index in [1.165, 1.54) is 5.56 Å². The second kappa shape index (κ2) is 10.6. The summed E-state index contributed by atoms with van der Waals surface area (Å²) in [4.78, 5) is 40.7. The van der Waals surface area contributed by atoms with Crippen molar-refractivity contribution in [2.24, 2.45) is 0 Å². The Hall–Kier alpha value is -3.53. The van der Waals surface area contributed by atoms with Crippen molar-refractivity contribution in [3.05, 3.63) is 41.7 Å². The highest BCUT2D eigenvalue weighted by Gasteiger charge is 2.22. The van der Waals surface area contributed by atoms with Crippen LogP contribution in [0.1, 0.15) is 49.0 Å². The molecule has 0 bridgehead atoms. The van der Waals surface area contributed by atoms with E-state index in [0.717, 1.165) is 6.42 Å². The van der Waals surface area contributed by atoms with Crippen LogP contribution in [0.4, 0.5) is 11.8 Å². The monoisotopic (exact) mass is 466 g/mol. The molecule has 1 aromatic carbocycles. The van der Waals surface area contributed by atoms with Gasteiger partial charge in [-0.05, 0) is 37.0 Å². The van der Waals surface area contributed by atoms with E-state index in [-0.39, 0.29) is 31.0 Å². The maximum absolute atomic E-state index is 13.0. The number of rotatable bonds is 8. The molecule has 180 valence electrons. The van der Waals surface area contributed by atoms with Gasteiger partial charge in [-0.3, -0.25) is 14.9 Å². The lowest BCUT2D eigenvalue weighted by Gasteiger charge is -2.28. The quantitative estimate of drug-likeness (QED) is 0.505. The average Bonchev–Trinajstić information content (AvgIpc) is 3.26. The lowest BCUT2D eigenvalue weighted by Crippen LogP contribution is -2.37. The Morgan fingerprint density at radius 3 is 2.56 bits per heavy atom. The number of anilines is 2. The molecule has 1 saturated heterocycles. The van der Waals surface area contributed by atoms with Crippen LogP contribution in [0.25, 0.3) is 11.2 Å². The van der Waals surface area contributed by atoms with Crippen molar-refractivity contribution < 1.29 is 19.1 Å². The summed E-state index contributed by atoms with van der Waals surface area (Å²) in [6, 6.07) is 7.56. The van der Waals surface area contributed by atoms with Crippen LogP contribution in [-0.4, -0.2) is 64.3 Å². The number of fused-ring (bicyclic) bond motifs is 1. The molecule has 10 nitrogen and oxygen atoms in total. The number of hydrogen-bond acceptors (Lipinski definition) is 8. The van der Waals surface area contributed by atoms with Crippen molar-refractivity contribution in [3.8, 4) is 0 Å². The number of nitrogens with zero attached hydrogens (tertiary/aromatic N) is 5. The van der Waals surface area contributed by atoms with Gasteiger partial charge in [-0.15, -0.1) is 0 Å². The molecule has 10 heteroatoms. The third-order valence-corrected chi connectivity index (χ3v) is 5.94. The first-order chi connectivity index (χ1) is 16.5. The highest BCUT2D eigenvalue weighted by atomic mass is 16.5. The lowest BCUT2D eigenvalue weighted by molar-refractivity contribution is -0.143. The largest absolute Gasteiger partial charge is 0.465 e. The standard InChI is InChI=1S/C24H30N6O4/c1-4-16(3)17-6-8-18(9-7-17)23(32)28-24-26-21(29-10-12-33-13-11-29)20-22(27-24)30(15-25-20)14-19(31)34-5-2/h6-9,15-16H,4-5,10-14H2,1-3H3,(H,26,27,28,32). The Balaban J connectivity index is 1.65. The number of morpholine rings is 1. The second-order valence-corrected chi connectivity index (χ2v) is 8.21. The van der Waals surface area contributed by atoms with E-state index in [2.05, 4.69) is 34.1 Å². The summed E-state index contributed by atoms with van der Waals surface area (Å²) in [5.41, 5.74) is 2.71. The highest BCUT2D eigenvalue weighted by Crippen LogP contribution is 2.26. The Labute approximate surface area is 198 Å². The Bertz CT molecular complexity index is 1150. The summed E-state index contributed by atoms with van der Waals surface area (Å²) >= 11 is 0. The number of benzene rings is 1. The molecular weight excluding hydrogens is 436 g/mol. The van der Waals surface area contributed by atoms with E-state index in [9.17, 15) is 9.59 Å². The van der Waals surface area contributed by atoms with Crippen molar-refractivity contribution in [2.45, 2.75) is 39.7 Å². The van der Waals surface area contributed by atoms with Gasteiger partial charge in [0.15, 0.2) is 17.0 Å². The molecule has 34 heavy (non-hydrogen) atoms. The number of imidazole rings is 1. The van der Waals surface area contributed by atoms with Crippen LogP contribution < -0.4 is 10.2 Å². The fraction of sp³-hybridized carbons (Fsp3) is 0.458. The van der Waals surface area contributed by atoms with Gasteiger partial charge in [0.05, 0.1) is 26.1 Å². The Kier molecular flexibility index (Phi) is 7.36. The zero-order valence-electron chi connectivity index (χ0n) is 19.8. The molecule has 0 aliphatic carbocycles. The zero-order chi connectivity index (χ0) is 24.1. The topological polar surface area (TPSA) is 111 Å². The number of aromatic nitrogens is 4. The fourth-order valence-corrected chi connectivity index (χ4v) is 3.81. The summed E-state index contributed by atoms with van der Waals surface area (Å²) in [6.45, 7) is 8.72. The third-order valence-electron chi connectivity index (χ3n) is 5.94. The first-order valence-electron chi connectivity index (χ1n) is 11.6. The van der Waals surface area contributed by atoms with Gasteiger partial charge in [0.1, 0.15) is 6.54 Å². The van der Waals surface area contributed by atoms with Gasteiger partial charge in [-0.2, -0.15) is 9.97 Å². The molecule has 2 aromatic heterocycles. The number of carbonyl (C=O) groups is 2. The summed E-state index contributed by atoms with van der Waals surface area (Å²) in [6.07, 6.45) is 2.57. The molecule has 1 aliphatic rings. The molecule has 1 amide bonds. The summed E-state index contributed by atoms with van der Waals surface area (Å²) in [7, 11) is 0. The van der Waals surface area contributed by atoms with Crippen molar-refractivity contribution in [1.82, 2.24) is 19.5 Å². The van der Waals surface area contributed by atoms with Gasteiger partial charge in [-0.1, -0.05) is 26.0 Å². The predicted molar refractivity (Wildman–Crippen MR) is 128 cm³/mol. The molecule has 4 rings (SSSR count). The van der Waals surface area contributed by atoms with Crippen LogP contribution in [0, 0.1) is 0 Å². The normalized spacial score (nSPS) is 14.7. The molecule has 1 atom stereocenters. The molecule has 1 aliphatic heterocycles. The smallest absolute Gasteiger partial charge is 0.326 e. The SMILES string of the molecule is CCOC(=O)Cn1cnc2c(N3CCOCC3)nc(NC(=O)c3ccc(C(C)CC)cc3)nc21. The van der Waals surface area contributed by atoms with Crippen molar-refractivity contribution in [1.29, 1.82) is 0 Å². The number of hydrogen-bond donors (Lipinski definition) is 1. The maximum Gasteiger partial charge on any atom is 0.326 e. The molecule has 3 heterocycles. The van der Waals surface area contributed by atoms with Crippen molar-refractivity contribution in [2.75, 3.05) is 43.1 Å². The molecule has 3 aromatic rings. The van der Waals surface area contributed by atoms with Crippen LogP contribution in [0.15, 0.2) is 30.6 Å². The predicted octanol–water partition coefficient (Wildman–Crippen LogP) is 2.99. The second-order valence-electron chi connectivity index (χ2n) is 8.21. The fourth-order valence-electron chi connectivity index (χ4n) is 3.81. The van der Waals surface area contributed by atoms with Gasteiger partial charge in [0.25, 0.3) is 5.91 Å². The summed E-state index contributed by atoms with van der Waals surface area (Å²) < 4.78 is 12.1. The van der Waals surface area contributed by atoms with E-state index in [4.69, 9.17) is 9.47 Å². The average molecular weight is 467 g/mol. The van der Waals surface area contributed by atoms with E-state index in [1.54, 1.807) is 17.8 Å². The Morgan fingerprint density at radius 2 is 1.88 bits per heavy atom. The van der Waals surface area contributed by atoms with Crippen LogP contribution in [0.3, 0.4) is 0 Å². The van der Waals surface area contributed by atoms with E-state index in [0.29, 0.717) is 54.8 Å². The van der Waals surface area contributed by atoms with Gasteiger partial charge < -0.3 is 18.9 Å². The van der Waals surface area contributed by atoms with Crippen LogP contribution in [0.5, 0.6) is 0 Å². The van der Waals surface area contributed by atoms with Gasteiger partial charge in [0.2, 0.25) is 5.95 Å². The lowest BCUT2D eigenvalue weighted by atomic mass is 9.97. The Morgan fingerprint density at radius 1 is 1.15 bits per heavy atom. The number of amides is 1. The molecular formula is C24H30N6O4. The molecule has 0 radical (unpaired) electrons. The van der Waals surface area contributed by atoms with Gasteiger partial charge in [-0.25, -0.2) is 4.98 Å². The number of esters is 1. The van der Waals surface area contributed by atoms with E-state index in [1.807, 2.05) is 29.2 Å². The third kappa shape index (κ3) is 5.17. The maximum atomic E-state index is 13.0.